The van der Waals surface area contributed by atoms with Gasteiger partial charge in [-0.15, -0.1) is 5.11 Å². The van der Waals surface area contributed by atoms with Crippen LogP contribution in [-0.2, 0) is 4.74 Å². The number of rotatable bonds is 2. The zero-order valence-electron chi connectivity index (χ0n) is 11.6. The SMILES string of the molecule is CC(C)(C)OC(=O)N1[C@@H]2CC(N=CN=NN)C[C@H]1C2. The lowest BCUT2D eigenvalue weighted by molar-refractivity contribution is -0.0552. The van der Waals surface area contributed by atoms with Crippen LogP contribution >= 0.6 is 0 Å². The van der Waals surface area contributed by atoms with E-state index in [0.29, 0.717) is 0 Å². The molecular weight excluding hydrogens is 246 g/mol. The van der Waals surface area contributed by atoms with E-state index < -0.39 is 5.60 Å². The predicted molar refractivity (Wildman–Crippen MR) is 70.8 cm³/mol. The fraction of sp³-hybridized carbons (Fsp3) is 0.833. The van der Waals surface area contributed by atoms with Crippen LogP contribution in [0.25, 0.3) is 0 Å². The molecule has 0 aromatic heterocycles. The van der Waals surface area contributed by atoms with Crippen molar-refractivity contribution in [3.8, 4) is 0 Å². The summed E-state index contributed by atoms with van der Waals surface area (Å²) in [5.74, 6) is 4.90. The van der Waals surface area contributed by atoms with Crippen LogP contribution in [0.5, 0.6) is 0 Å². The van der Waals surface area contributed by atoms with Gasteiger partial charge in [-0.25, -0.2) is 4.79 Å². The molecule has 19 heavy (non-hydrogen) atoms. The Labute approximate surface area is 112 Å². The number of hydrogen-bond acceptors (Lipinski definition) is 4. The molecule has 7 heteroatoms. The minimum Gasteiger partial charge on any atom is -0.444 e. The van der Waals surface area contributed by atoms with Crippen LogP contribution in [0, 0.1) is 0 Å². The van der Waals surface area contributed by atoms with Gasteiger partial charge in [-0.05, 0) is 40.0 Å². The van der Waals surface area contributed by atoms with Gasteiger partial charge < -0.3 is 15.5 Å². The summed E-state index contributed by atoms with van der Waals surface area (Å²) < 4.78 is 5.41. The van der Waals surface area contributed by atoms with Crippen molar-refractivity contribution in [2.45, 2.75) is 63.8 Å². The van der Waals surface area contributed by atoms with Gasteiger partial charge in [-0.2, -0.15) is 0 Å². The van der Waals surface area contributed by atoms with E-state index in [1.54, 1.807) is 0 Å². The normalized spacial score (nSPS) is 30.7. The summed E-state index contributed by atoms with van der Waals surface area (Å²) in [6, 6.07) is 0.684. The molecule has 1 unspecified atom stereocenters. The number of nitrogens with two attached hydrogens (primary N) is 1. The van der Waals surface area contributed by atoms with E-state index in [1.807, 2.05) is 25.7 Å². The largest absolute Gasteiger partial charge is 0.444 e. The second kappa shape index (κ2) is 5.14. The molecule has 1 saturated carbocycles. The molecule has 0 aromatic rings. The Morgan fingerprint density at radius 2 is 1.95 bits per heavy atom. The number of hydrogen-bond donors (Lipinski definition) is 1. The summed E-state index contributed by atoms with van der Waals surface area (Å²) in [5.41, 5.74) is -0.444. The molecule has 2 saturated heterocycles. The maximum atomic E-state index is 12.0. The molecule has 2 bridgehead atoms. The molecule has 1 aliphatic carbocycles. The number of carbonyl (C=O) groups is 1. The summed E-state index contributed by atoms with van der Waals surface area (Å²) in [4.78, 5) is 18.2. The molecule has 3 atom stereocenters. The van der Waals surface area contributed by atoms with E-state index in [2.05, 4.69) is 15.3 Å². The molecule has 7 nitrogen and oxygen atoms in total. The first-order valence-corrected chi connectivity index (χ1v) is 6.53. The van der Waals surface area contributed by atoms with Crippen LogP contribution < -0.4 is 5.84 Å². The zero-order valence-corrected chi connectivity index (χ0v) is 11.6. The molecule has 1 amide bonds. The van der Waals surface area contributed by atoms with E-state index in [0.717, 1.165) is 19.3 Å². The van der Waals surface area contributed by atoms with E-state index in [4.69, 9.17) is 10.6 Å². The Balaban J connectivity index is 1.88. The molecule has 3 fully saturated rings. The Morgan fingerprint density at radius 3 is 2.47 bits per heavy atom. The van der Waals surface area contributed by atoms with E-state index in [-0.39, 0.29) is 24.2 Å². The van der Waals surface area contributed by atoms with Gasteiger partial charge in [-0.3, -0.25) is 4.99 Å². The van der Waals surface area contributed by atoms with Crippen molar-refractivity contribution in [2.75, 3.05) is 0 Å². The zero-order chi connectivity index (χ0) is 14.0. The Morgan fingerprint density at radius 1 is 1.32 bits per heavy atom. The van der Waals surface area contributed by atoms with Crippen molar-refractivity contribution in [3.63, 3.8) is 0 Å². The van der Waals surface area contributed by atoms with Crippen LogP contribution in [0.15, 0.2) is 15.3 Å². The standard InChI is InChI=1S/C12H21N5O2/c1-12(2,3)19-11(18)17-9-4-8(5-10(17)6-9)14-7-15-16-13/h7-10H,4-6H2,1-3H3,(H2,13,14,15)/t8?,9-,10+. The molecule has 0 spiro atoms. The van der Waals surface area contributed by atoms with Crippen molar-refractivity contribution in [3.05, 3.63) is 0 Å². The molecule has 2 heterocycles. The first kappa shape index (κ1) is 13.8. The van der Waals surface area contributed by atoms with Gasteiger partial charge >= 0.3 is 6.09 Å². The van der Waals surface area contributed by atoms with Gasteiger partial charge in [0.05, 0.1) is 6.04 Å². The van der Waals surface area contributed by atoms with E-state index in [9.17, 15) is 4.79 Å². The van der Waals surface area contributed by atoms with Crippen molar-refractivity contribution in [1.82, 2.24) is 4.90 Å². The van der Waals surface area contributed by atoms with Crippen LogP contribution in [0.1, 0.15) is 40.0 Å². The van der Waals surface area contributed by atoms with Crippen molar-refractivity contribution in [2.24, 2.45) is 21.2 Å². The Hall–Kier alpha value is -1.66. The number of piperidine rings is 1. The molecule has 0 radical (unpaired) electrons. The molecule has 3 aliphatic rings. The summed E-state index contributed by atoms with van der Waals surface area (Å²) in [6.07, 6.45) is 3.92. The van der Waals surface area contributed by atoms with Crippen LogP contribution in [-0.4, -0.2) is 41.1 Å². The summed E-state index contributed by atoms with van der Waals surface area (Å²) in [6.45, 7) is 5.64. The van der Waals surface area contributed by atoms with Crippen LogP contribution in [0.4, 0.5) is 4.79 Å². The number of carbonyl (C=O) groups excluding carboxylic acids is 1. The highest BCUT2D eigenvalue weighted by molar-refractivity contribution is 5.70. The lowest BCUT2D eigenvalue weighted by Gasteiger charge is -2.54. The molecule has 106 valence electrons. The highest BCUT2D eigenvalue weighted by atomic mass is 16.6. The number of ether oxygens (including phenoxy) is 1. The van der Waals surface area contributed by atoms with E-state index in [1.165, 1.54) is 6.34 Å². The Kier molecular flexibility index (Phi) is 3.73. The smallest absolute Gasteiger partial charge is 0.410 e. The quantitative estimate of drug-likeness (QED) is 0.272. The van der Waals surface area contributed by atoms with Crippen molar-refractivity contribution < 1.29 is 9.53 Å². The third kappa shape index (κ3) is 3.21. The fourth-order valence-corrected chi connectivity index (χ4v) is 2.73. The minimum absolute atomic E-state index is 0.202. The summed E-state index contributed by atoms with van der Waals surface area (Å²) >= 11 is 0. The van der Waals surface area contributed by atoms with Crippen LogP contribution in [0.2, 0.25) is 0 Å². The van der Waals surface area contributed by atoms with Gasteiger partial charge in [0.15, 0.2) is 0 Å². The topological polar surface area (TPSA) is 92.6 Å². The first-order valence-electron chi connectivity index (χ1n) is 6.53. The van der Waals surface area contributed by atoms with Gasteiger partial charge in [0, 0.05) is 12.1 Å². The van der Waals surface area contributed by atoms with Gasteiger partial charge in [0.1, 0.15) is 11.9 Å². The minimum atomic E-state index is -0.444. The van der Waals surface area contributed by atoms with Gasteiger partial charge in [0.2, 0.25) is 0 Å². The lowest BCUT2D eigenvalue weighted by Crippen LogP contribution is -2.64. The first-order chi connectivity index (χ1) is 8.90. The maximum Gasteiger partial charge on any atom is 0.410 e. The Bertz CT molecular complexity index is 389. The highest BCUT2D eigenvalue weighted by Gasteiger charge is 2.49. The van der Waals surface area contributed by atoms with Gasteiger partial charge in [0.25, 0.3) is 0 Å². The van der Waals surface area contributed by atoms with Crippen molar-refractivity contribution >= 4 is 12.4 Å². The second-order valence-electron chi connectivity index (χ2n) is 6.05. The van der Waals surface area contributed by atoms with E-state index >= 15 is 0 Å². The fourth-order valence-electron chi connectivity index (χ4n) is 2.73. The third-order valence-electron chi connectivity index (χ3n) is 3.42. The third-order valence-corrected chi connectivity index (χ3v) is 3.42. The average Bonchev–Trinajstić information content (AvgIpc) is 2.26. The molecule has 2 N–H and O–H groups in total. The lowest BCUT2D eigenvalue weighted by atomic mass is 9.77. The number of amides is 1. The average molecular weight is 267 g/mol. The molecular formula is C12H21N5O2. The maximum absolute atomic E-state index is 12.0. The molecule has 0 aromatic carbocycles. The molecule has 2 aliphatic heterocycles. The number of aliphatic imine (C=N–C) groups is 1. The molecule has 3 rings (SSSR count). The number of fused-ring (bicyclic) bond motifs is 2. The summed E-state index contributed by atoms with van der Waals surface area (Å²) in [5, 5.41) is 6.64. The van der Waals surface area contributed by atoms with Crippen LogP contribution in [0.3, 0.4) is 0 Å². The second-order valence-corrected chi connectivity index (χ2v) is 6.05. The monoisotopic (exact) mass is 267 g/mol. The van der Waals surface area contributed by atoms with Crippen molar-refractivity contribution in [1.29, 1.82) is 0 Å². The predicted octanol–water partition coefficient (Wildman–Crippen LogP) is 1.88. The highest BCUT2D eigenvalue weighted by Crippen LogP contribution is 2.40. The summed E-state index contributed by atoms with van der Waals surface area (Å²) in [7, 11) is 0. The van der Waals surface area contributed by atoms with Gasteiger partial charge in [-0.1, -0.05) is 5.22 Å². The number of nitrogens with zero attached hydrogens (tertiary/aromatic N) is 4.